The van der Waals surface area contributed by atoms with Gasteiger partial charge in [-0.3, -0.25) is 9.59 Å². The lowest BCUT2D eigenvalue weighted by Crippen LogP contribution is -2.32. The summed E-state index contributed by atoms with van der Waals surface area (Å²) in [7, 11) is -3.69. The molecule has 0 fully saturated rings. The lowest BCUT2D eigenvalue weighted by molar-refractivity contribution is -0.115. The molecule has 0 aliphatic carbocycles. The van der Waals surface area contributed by atoms with Gasteiger partial charge in [0.05, 0.1) is 6.54 Å². The van der Waals surface area contributed by atoms with Gasteiger partial charge in [-0.25, -0.2) is 13.1 Å². The van der Waals surface area contributed by atoms with Crippen molar-refractivity contribution in [3.05, 3.63) is 46.8 Å². The van der Waals surface area contributed by atoms with Gasteiger partial charge in [-0.2, -0.15) is 0 Å². The second-order valence-electron chi connectivity index (χ2n) is 4.87. The molecule has 122 valence electrons. The van der Waals surface area contributed by atoms with E-state index in [1.807, 2.05) is 0 Å². The third-order valence-corrected chi connectivity index (χ3v) is 5.85. The van der Waals surface area contributed by atoms with Gasteiger partial charge < -0.3 is 5.32 Å². The molecule has 0 atom stereocenters. The number of benzene rings is 1. The quantitative estimate of drug-likeness (QED) is 0.779. The Morgan fingerprint density at radius 1 is 1.17 bits per heavy atom. The fourth-order valence-corrected chi connectivity index (χ4v) is 4.12. The maximum absolute atomic E-state index is 12.0. The summed E-state index contributed by atoms with van der Waals surface area (Å²) in [5, 5.41) is 2.55. The molecule has 23 heavy (non-hydrogen) atoms. The number of Topliss-reactive ketones (excluding diaryl/α,β-unsaturated/α-hetero) is 1. The number of thiophene rings is 1. The molecule has 8 heteroatoms. The molecule has 0 bridgehead atoms. The number of amides is 1. The molecule has 0 unspecified atom stereocenters. The fourth-order valence-electron chi connectivity index (χ4n) is 1.81. The Kier molecular flexibility index (Phi) is 5.30. The second-order valence-corrected chi connectivity index (χ2v) is 8.16. The predicted octanol–water partition coefficient (Wildman–Crippen LogP) is 2.18. The number of sulfonamides is 1. The third-order valence-electron chi connectivity index (χ3n) is 2.96. The van der Waals surface area contributed by atoms with E-state index >= 15 is 0 Å². The minimum Gasteiger partial charge on any atom is -0.325 e. The first-order valence-corrected chi connectivity index (χ1v) is 9.05. The first-order chi connectivity index (χ1) is 10.8. The van der Waals surface area contributed by atoms with E-state index in [0.29, 0.717) is 11.3 Å². The Morgan fingerprint density at radius 3 is 2.52 bits per heavy atom. The van der Waals surface area contributed by atoms with Crippen LogP contribution >= 0.6 is 11.3 Å². The molecule has 0 saturated heterocycles. The van der Waals surface area contributed by atoms with Crippen molar-refractivity contribution in [3.8, 4) is 0 Å². The minimum atomic E-state index is -3.69. The van der Waals surface area contributed by atoms with Crippen LogP contribution in [0.3, 0.4) is 0 Å². The number of carbonyl (C=O) groups excluding carboxylic acids is 2. The molecule has 0 spiro atoms. The van der Waals surface area contributed by atoms with E-state index < -0.39 is 15.9 Å². The Labute approximate surface area is 138 Å². The zero-order valence-electron chi connectivity index (χ0n) is 12.6. The Bertz CT molecular complexity index is 841. The van der Waals surface area contributed by atoms with Gasteiger partial charge >= 0.3 is 0 Å². The van der Waals surface area contributed by atoms with Crippen LogP contribution in [0.1, 0.15) is 22.2 Å². The van der Waals surface area contributed by atoms with Crippen molar-refractivity contribution in [1.82, 2.24) is 4.72 Å². The van der Waals surface area contributed by atoms with Crippen molar-refractivity contribution in [2.75, 3.05) is 11.9 Å². The molecular weight excluding hydrogens is 336 g/mol. The van der Waals surface area contributed by atoms with E-state index in [2.05, 4.69) is 10.0 Å². The SMILES string of the molecule is CC(=O)c1cccc(NC(=O)CNS(=O)(=O)c2ccc(C)s2)c1. The molecule has 2 rings (SSSR count). The van der Waals surface area contributed by atoms with Crippen molar-refractivity contribution >= 4 is 38.7 Å². The summed E-state index contributed by atoms with van der Waals surface area (Å²) in [4.78, 5) is 24.0. The molecule has 2 N–H and O–H groups in total. The van der Waals surface area contributed by atoms with E-state index in [1.165, 1.54) is 19.1 Å². The Hall–Kier alpha value is -2.03. The van der Waals surface area contributed by atoms with E-state index in [4.69, 9.17) is 0 Å². The average molecular weight is 352 g/mol. The van der Waals surface area contributed by atoms with Gasteiger partial charge in [0.1, 0.15) is 4.21 Å². The van der Waals surface area contributed by atoms with E-state index in [-0.39, 0.29) is 16.5 Å². The molecule has 1 aromatic carbocycles. The smallest absolute Gasteiger partial charge is 0.250 e. The van der Waals surface area contributed by atoms with Crippen molar-refractivity contribution in [1.29, 1.82) is 0 Å². The van der Waals surface area contributed by atoms with Gasteiger partial charge in [0, 0.05) is 16.1 Å². The number of hydrogen-bond donors (Lipinski definition) is 2. The molecule has 0 aliphatic rings. The van der Waals surface area contributed by atoms with Gasteiger partial charge in [-0.1, -0.05) is 12.1 Å². The molecule has 1 heterocycles. The third kappa shape index (κ3) is 4.72. The van der Waals surface area contributed by atoms with Gasteiger partial charge in [0.25, 0.3) is 10.0 Å². The highest BCUT2D eigenvalue weighted by Crippen LogP contribution is 2.20. The van der Waals surface area contributed by atoms with E-state index in [1.54, 1.807) is 31.2 Å². The minimum absolute atomic E-state index is 0.116. The number of anilines is 1. The zero-order valence-corrected chi connectivity index (χ0v) is 14.3. The number of nitrogens with one attached hydrogen (secondary N) is 2. The summed E-state index contributed by atoms with van der Waals surface area (Å²) in [6, 6.07) is 9.65. The molecule has 0 saturated carbocycles. The van der Waals surface area contributed by atoms with Crippen molar-refractivity contribution < 1.29 is 18.0 Å². The van der Waals surface area contributed by atoms with Crippen LogP contribution in [0.25, 0.3) is 0 Å². The average Bonchev–Trinajstić information content (AvgIpc) is 2.93. The normalized spacial score (nSPS) is 11.2. The monoisotopic (exact) mass is 352 g/mol. The van der Waals surface area contributed by atoms with Crippen molar-refractivity contribution in [2.24, 2.45) is 0 Å². The number of rotatable bonds is 6. The summed E-state index contributed by atoms with van der Waals surface area (Å²) in [6.45, 7) is 2.85. The van der Waals surface area contributed by atoms with Crippen LogP contribution in [0.4, 0.5) is 5.69 Å². The van der Waals surface area contributed by atoms with Gasteiger partial charge in [-0.15, -0.1) is 11.3 Å². The molecule has 6 nitrogen and oxygen atoms in total. The van der Waals surface area contributed by atoms with Gasteiger partial charge in [0.15, 0.2) is 5.78 Å². The summed E-state index contributed by atoms with van der Waals surface area (Å²) in [5.41, 5.74) is 0.909. The number of carbonyl (C=O) groups is 2. The van der Waals surface area contributed by atoms with Crippen LogP contribution in [-0.2, 0) is 14.8 Å². The second kappa shape index (κ2) is 7.03. The summed E-state index contributed by atoms with van der Waals surface area (Å²) < 4.78 is 26.5. The largest absolute Gasteiger partial charge is 0.325 e. The fraction of sp³-hybridized carbons (Fsp3) is 0.200. The first-order valence-electron chi connectivity index (χ1n) is 6.75. The standard InChI is InChI=1S/C15H16N2O4S2/c1-10-6-7-15(22-10)23(20,21)16-9-14(19)17-13-5-3-4-12(8-13)11(2)18/h3-8,16H,9H2,1-2H3,(H,17,19). The number of ketones is 1. The van der Waals surface area contributed by atoms with Crippen LogP contribution in [0.15, 0.2) is 40.6 Å². The first kappa shape index (κ1) is 17.3. The van der Waals surface area contributed by atoms with Crippen molar-refractivity contribution in [3.63, 3.8) is 0 Å². The van der Waals surface area contributed by atoms with E-state index in [0.717, 1.165) is 16.2 Å². The Morgan fingerprint density at radius 2 is 1.91 bits per heavy atom. The van der Waals surface area contributed by atoms with Crippen LogP contribution in [0, 0.1) is 6.92 Å². The number of hydrogen-bond acceptors (Lipinski definition) is 5. The summed E-state index contributed by atoms with van der Waals surface area (Å²) in [6.07, 6.45) is 0. The van der Waals surface area contributed by atoms with Crippen LogP contribution in [0.2, 0.25) is 0 Å². The molecule has 0 radical (unpaired) electrons. The topological polar surface area (TPSA) is 92.3 Å². The highest BCUT2D eigenvalue weighted by molar-refractivity contribution is 7.91. The molecule has 0 aliphatic heterocycles. The zero-order chi connectivity index (χ0) is 17.0. The maximum atomic E-state index is 12.0. The molecule has 1 aromatic heterocycles. The van der Waals surface area contributed by atoms with Crippen molar-refractivity contribution in [2.45, 2.75) is 18.1 Å². The van der Waals surface area contributed by atoms with Crippen LogP contribution < -0.4 is 10.0 Å². The van der Waals surface area contributed by atoms with Crippen LogP contribution in [-0.4, -0.2) is 26.7 Å². The molecular formula is C15H16N2O4S2. The highest BCUT2D eigenvalue weighted by atomic mass is 32.2. The maximum Gasteiger partial charge on any atom is 0.250 e. The lowest BCUT2D eigenvalue weighted by atomic mass is 10.1. The van der Waals surface area contributed by atoms with Crippen LogP contribution in [0.5, 0.6) is 0 Å². The molecule has 1 amide bonds. The lowest BCUT2D eigenvalue weighted by Gasteiger charge is -2.07. The molecule has 2 aromatic rings. The van der Waals surface area contributed by atoms with E-state index in [9.17, 15) is 18.0 Å². The van der Waals surface area contributed by atoms with Gasteiger partial charge in [0.2, 0.25) is 5.91 Å². The predicted molar refractivity (Wildman–Crippen MR) is 89.3 cm³/mol. The van der Waals surface area contributed by atoms with Gasteiger partial charge in [-0.05, 0) is 38.1 Å². The Balaban J connectivity index is 1.98. The summed E-state index contributed by atoms with van der Waals surface area (Å²) >= 11 is 1.14. The number of aryl methyl sites for hydroxylation is 1. The highest BCUT2D eigenvalue weighted by Gasteiger charge is 2.17. The summed E-state index contributed by atoms with van der Waals surface area (Å²) in [5.74, 6) is -0.627.